The van der Waals surface area contributed by atoms with Gasteiger partial charge < -0.3 is 10.1 Å². The van der Waals surface area contributed by atoms with E-state index in [-0.39, 0.29) is 24.8 Å². The van der Waals surface area contributed by atoms with Crippen molar-refractivity contribution in [3.63, 3.8) is 0 Å². The summed E-state index contributed by atoms with van der Waals surface area (Å²) in [5, 5.41) is 10.9. The topological polar surface area (TPSA) is 79.2 Å². The molecule has 0 heterocycles. The van der Waals surface area contributed by atoms with Crippen molar-refractivity contribution in [2.45, 2.75) is 31.7 Å². The van der Waals surface area contributed by atoms with Gasteiger partial charge in [-0.3, -0.25) is 4.79 Å². The van der Waals surface area contributed by atoms with Crippen LogP contribution in [0.2, 0.25) is 0 Å². The first-order chi connectivity index (χ1) is 10.5. The zero-order valence-corrected chi connectivity index (χ0v) is 12.1. The highest BCUT2D eigenvalue weighted by molar-refractivity contribution is 5.85. The van der Waals surface area contributed by atoms with Crippen molar-refractivity contribution in [2.75, 3.05) is 7.11 Å². The molecule has 0 saturated carbocycles. The lowest BCUT2D eigenvalue weighted by Gasteiger charge is -2.16. The monoisotopic (exact) mass is 310 g/mol. The van der Waals surface area contributed by atoms with Gasteiger partial charge in [-0.2, -0.15) is 5.26 Å². The van der Waals surface area contributed by atoms with E-state index in [1.807, 2.05) is 6.07 Å². The summed E-state index contributed by atoms with van der Waals surface area (Å²) >= 11 is 0. The zero-order chi connectivity index (χ0) is 16.5. The number of carbonyl (C=O) groups excluding carboxylic acids is 2. The number of amides is 1. The summed E-state index contributed by atoms with van der Waals surface area (Å²) in [5.41, 5.74) is 0.163. The maximum absolute atomic E-state index is 13.1. The maximum atomic E-state index is 13.1. The summed E-state index contributed by atoms with van der Waals surface area (Å²) in [4.78, 5) is 23.4. The second kappa shape index (κ2) is 8.72. The quantitative estimate of drug-likeness (QED) is 0.616. The van der Waals surface area contributed by atoms with Crippen molar-refractivity contribution in [2.24, 2.45) is 0 Å². The Bertz CT molecular complexity index is 564. The summed E-state index contributed by atoms with van der Waals surface area (Å²) in [6, 6.07) is 3.86. The van der Waals surface area contributed by atoms with Gasteiger partial charge in [0.15, 0.2) is 0 Å². The van der Waals surface area contributed by atoms with Crippen LogP contribution in [0.25, 0.3) is 0 Å². The molecule has 1 N–H and O–H groups in total. The number of methoxy groups -OCH3 is 1. The SMILES string of the molecule is COC(=O)[C@H](CCCC#N)NC(=O)Cc1cc(F)cc(F)c1. The third-order valence-corrected chi connectivity index (χ3v) is 2.89. The van der Waals surface area contributed by atoms with Gasteiger partial charge in [-0.15, -0.1) is 0 Å². The van der Waals surface area contributed by atoms with Gasteiger partial charge in [0, 0.05) is 12.5 Å². The largest absolute Gasteiger partial charge is 0.467 e. The fourth-order valence-electron chi connectivity index (χ4n) is 1.92. The van der Waals surface area contributed by atoms with Crippen molar-refractivity contribution in [3.05, 3.63) is 35.4 Å². The minimum Gasteiger partial charge on any atom is -0.467 e. The van der Waals surface area contributed by atoms with Crippen LogP contribution in [0.15, 0.2) is 18.2 Å². The Morgan fingerprint density at radius 2 is 1.95 bits per heavy atom. The van der Waals surface area contributed by atoms with Crippen LogP contribution in [-0.2, 0) is 20.7 Å². The standard InChI is InChI=1S/C15H16F2N2O3/c1-22-15(21)13(4-2-3-5-18)19-14(20)8-10-6-11(16)9-12(17)7-10/h6-7,9,13H,2-4,8H2,1H3,(H,19,20)/t13-/m0/s1. The van der Waals surface area contributed by atoms with Crippen LogP contribution in [-0.4, -0.2) is 25.0 Å². The molecule has 1 atom stereocenters. The molecule has 5 nitrogen and oxygen atoms in total. The molecule has 0 unspecified atom stereocenters. The fraction of sp³-hybridized carbons (Fsp3) is 0.400. The van der Waals surface area contributed by atoms with Gasteiger partial charge in [-0.1, -0.05) is 0 Å². The second-order valence-electron chi connectivity index (χ2n) is 4.65. The summed E-state index contributed by atoms with van der Waals surface area (Å²) < 4.78 is 30.7. The van der Waals surface area contributed by atoms with Crippen LogP contribution in [0.5, 0.6) is 0 Å². The molecule has 1 amide bonds. The summed E-state index contributed by atoms with van der Waals surface area (Å²) in [5.74, 6) is -2.74. The zero-order valence-electron chi connectivity index (χ0n) is 12.1. The maximum Gasteiger partial charge on any atom is 0.328 e. The number of hydrogen-bond acceptors (Lipinski definition) is 4. The molecule has 0 saturated heterocycles. The predicted molar refractivity (Wildman–Crippen MR) is 73.5 cm³/mol. The van der Waals surface area contributed by atoms with Gasteiger partial charge in [0.1, 0.15) is 17.7 Å². The molecule has 1 aromatic carbocycles. The smallest absolute Gasteiger partial charge is 0.328 e. The van der Waals surface area contributed by atoms with E-state index in [1.165, 1.54) is 7.11 Å². The minimum absolute atomic E-state index is 0.163. The number of unbranched alkanes of at least 4 members (excludes halogenated alkanes) is 1. The third-order valence-electron chi connectivity index (χ3n) is 2.89. The fourth-order valence-corrected chi connectivity index (χ4v) is 1.92. The number of carbonyl (C=O) groups is 2. The Morgan fingerprint density at radius 3 is 2.50 bits per heavy atom. The summed E-state index contributed by atoms with van der Waals surface area (Å²) in [6.07, 6.45) is 0.660. The van der Waals surface area contributed by atoms with Gasteiger partial charge in [0.05, 0.1) is 19.6 Å². The highest BCUT2D eigenvalue weighted by Crippen LogP contribution is 2.09. The van der Waals surface area contributed by atoms with E-state index >= 15 is 0 Å². The first-order valence-electron chi connectivity index (χ1n) is 6.65. The molecule has 1 aromatic rings. The lowest BCUT2D eigenvalue weighted by atomic mass is 10.1. The van der Waals surface area contributed by atoms with Crippen molar-refractivity contribution in [1.29, 1.82) is 5.26 Å². The van der Waals surface area contributed by atoms with Crippen LogP contribution < -0.4 is 5.32 Å². The van der Waals surface area contributed by atoms with Crippen LogP contribution in [0.3, 0.4) is 0 Å². The Morgan fingerprint density at radius 1 is 1.32 bits per heavy atom. The Balaban J connectivity index is 2.65. The van der Waals surface area contributed by atoms with Crippen molar-refractivity contribution in [3.8, 4) is 6.07 Å². The number of esters is 1. The number of ether oxygens (including phenoxy) is 1. The van der Waals surface area contributed by atoms with E-state index in [9.17, 15) is 18.4 Å². The van der Waals surface area contributed by atoms with E-state index in [2.05, 4.69) is 10.1 Å². The van der Waals surface area contributed by atoms with E-state index in [0.717, 1.165) is 12.1 Å². The van der Waals surface area contributed by atoms with Gasteiger partial charge >= 0.3 is 5.97 Å². The van der Waals surface area contributed by atoms with Crippen molar-refractivity contribution in [1.82, 2.24) is 5.32 Å². The van der Waals surface area contributed by atoms with Gasteiger partial charge in [-0.25, -0.2) is 13.6 Å². The molecule has 22 heavy (non-hydrogen) atoms. The lowest BCUT2D eigenvalue weighted by Crippen LogP contribution is -2.42. The lowest BCUT2D eigenvalue weighted by molar-refractivity contribution is -0.145. The molecule has 0 aliphatic heterocycles. The molecule has 0 aromatic heterocycles. The number of nitriles is 1. The normalized spacial score (nSPS) is 11.4. The van der Waals surface area contributed by atoms with E-state index in [1.54, 1.807) is 0 Å². The average molecular weight is 310 g/mol. The first-order valence-corrected chi connectivity index (χ1v) is 6.65. The summed E-state index contributed by atoms with van der Waals surface area (Å²) in [7, 11) is 1.19. The number of nitrogens with zero attached hydrogens (tertiary/aromatic N) is 1. The minimum atomic E-state index is -0.885. The predicted octanol–water partition coefficient (Wildman–Crippen LogP) is 1.86. The molecule has 0 fully saturated rings. The average Bonchev–Trinajstić information content (AvgIpc) is 2.44. The van der Waals surface area contributed by atoms with Crippen LogP contribution in [0.1, 0.15) is 24.8 Å². The van der Waals surface area contributed by atoms with Crippen molar-refractivity contribution >= 4 is 11.9 Å². The second-order valence-corrected chi connectivity index (χ2v) is 4.65. The molecule has 0 spiro atoms. The number of nitrogens with one attached hydrogen (secondary N) is 1. The molecule has 0 bridgehead atoms. The highest BCUT2D eigenvalue weighted by atomic mass is 19.1. The number of rotatable bonds is 7. The van der Waals surface area contributed by atoms with E-state index < -0.39 is 29.6 Å². The molecular formula is C15H16F2N2O3. The van der Waals surface area contributed by atoms with Crippen LogP contribution in [0.4, 0.5) is 8.78 Å². The molecule has 1 rings (SSSR count). The Labute approximate surface area is 126 Å². The molecule has 0 aliphatic carbocycles. The van der Waals surface area contributed by atoms with Gasteiger partial charge in [-0.05, 0) is 30.5 Å². The van der Waals surface area contributed by atoms with Crippen molar-refractivity contribution < 1.29 is 23.1 Å². The first kappa shape index (κ1) is 17.6. The Kier molecular flexibility index (Phi) is 6.96. The molecule has 118 valence electrons. The van der Waals surface area contributed by atoms with Gasteiger partial charge in [0.25, 0.3) is 0 Å². The molecular weight excluding hydrogens is 294 g/mol. The number of benzene rings is 1. The highest BCUT2D eigenvalue weighted by Gasteiger charge is 2.21. The molecule has 0 aliphatic rings. The van der Waals surface area contributed by atoms with Crippen LogP contribution >= 0.6 is 0 Å². The van der Waals surface area contributed by atoms with E-state index in [4.69, 9.17) is 5.26 Å². The van der Waals surface area contributed by atoms with Gasteiger partial charge in [0.2, 0.25) is 5.91 Å². The third kappa shape index (κ3) is 5.87. The summed E-state index contributed by atoms with van der Waals surface area (Å²) in [6.45, 7) is 0. The van der Waals surface area contributed by atoms with E-state index in [0.29, 0.717) is 12.5 Å². The number of hydrogen-bond donors (Lipinski definition) is 1. The van der Waals surface area contributed by atoms with Crippen LogP contribution in [0, 0.1) is 23.0 Å². The molecule has 7 heteroatoms. The number of halogens is 2. The Hall–Kier alpha value is -2.49. The molecule has 0 radical (unpaired) electrons.